The summed E-state index contributed by atoms with van der Waals surface area (Å²) in [5.41, 5.74) is 7.17. The molecule has 1 fully saturated rings. The molecule has 2 rings (SSSR count). The Kier molecular flexibility index (Phi) is 3.28. The third-order valence-corrected chi connectivity index (χ3v) is 3.44. The maximum atomic E-state index is 10.6. The van der Waals surface area contributed by atoms with Gasteiger partial charge in [0.2, 0.25) is 0 Å². The van der Waals surface area contributed by atoms with E-state index in [4.69, 9.17) is 5.73 Å². The second-order valence-electron chi connectivity index (χ2n) is 4.65. The van der Waals surface area contributed by atoms with Crippen molar-refractivity contribution >= 4 is 11.4 Å². The van der Waals surface area contributed by atoms with Crippen molar-refractivity contribution in [2.24, 2.45) is 11.7 Å². The average molecular weight is 235 g/mol. The van der Waals surface area contributed by atoms with E-state index in [1.807, 2.05) is 0 Å². The van der Waals surface area contributed by atoms with Crippen LogP contribution in [0.4, 0.5) is 11.4 Å². The van der Waals surface area contributed by atoms with Gasteiger partial charge in [-0.3, -0.25) is 10.1 Å². The fourth-order valence-electron chi connectivity index (χ4n) is 2.12. The highest BCUT2D eigenvalue weighted by atomic mass is 16.6. The molecule has 2 unspecified atom stereocenters. The van der Waals surface area contributed by atoms with Gasteiger partial charge in [-0.15, -0.1) is 0 Å². The molecule has 0 amide bonds. The zero-order valence-corrected chi connectivity index (χ0v) is 9.87. The predicted molar refractivity (Wildman–Crippen MR) is 67.1 cm³/mol. The Morgan fingerprint density at radius 2 is 2.06 bits per heavy atom. The summed E-state index contributed by atoms with van der Waals surface area (Å²) in [6.45, 7) is 3.95. The number of hydrogen-bond acceptors (Lipinski definition) is 4. The molecule has 0 saturated carbocycles. The van der Waals surface area contributed by atoms with Gasteiger partial charge in [0, 0.05) is 37.0 Å². The molecular formula is C12H17N3O2. The molecule has 0 radical (unpaired) electrons. The van der Waals surface area contributed by atoms with Gasteiger partial charge in [0.05, 0.1) is 4.92 Å². The SMILES string of the molecule is CC1CCN(c2ccc([N+](=O)[O-])cc2)CC1N. The van der Waals surface area contributed by atoms with E-state index in [0.29, 0.717) is 5.92 Å². The number of nitro benzene ring substituents is 1. The van der Waals surface area contributed by atoms with Crippen molar-refractivity contribution in [3.05, 3.63) is 34.4 Å². The van der Waals surface area contributed by atoms with Gasteiger partial charge < -0.3 is 10.6 Å². The molecule has 1 aliphatic heterocycles. The summed E-state index contributed by atoms with van der Waals surface area (Å²) in [6.07, 6.45) is 1.07. The van der Waals surface area contributed by atoms with Crippen LogP contribution in [0, 0.1) is 16.0 Å². The molecule has 92 valence electrons. The highest BCUT2D eigenvalue weighted by Crippen LogP contribution is 2.24. The molecule has 17 heavy (non-hydrogen) atoms. The van der Waals surface area contributed by atoms with Crippen LogP contribution in [0.1, 0.15) is 13.3 Å². The predicted octanol–water partition coefficient (Wildman–Crippen LogP) is 1.77. The lowest BCUT2D eigenvalue weighted by Gasteiger charge is -2.36. The lowest BCUT2D eigenvalue weighted by atomic mass is 9.94. The summed E-state index contributed by atoms with van der Waals surface area (Å²) in [6, 6.07) is 6.85. The molecule has 5 nitrogen and oxygen atoms in total. The number of piperidine rings is 1. The topological polar surface area (TPSA) is 72.4 Å². The first kappa shape index (κ1) is 11.9. The van der Waals surface area contributed by atoms with Crippen LogP contribution in [-0.4, -0.2) is 24.1 Å². The van der Waals surface area contributed by atoms with Crippen LogP contribution in [0.3, 0.4) is 0 Å². The number of anilines is 1. The van der Waals surface area contributed by atoms with Crippen molar-refractivity contribution in [3.63, 3.8) is 0 Å². The minimum absolute atomic E-state index is 0.128. The van der Waals surface area contributed by atoms with Crippen molar-refractivity contribution in [2.75, 3.05) is 18.0 Å². The van der Waals surface area contributed by atoms with Gasteiger partial charge in [0.15, 0.2) is 0 Å². The molecule has 1 heterocycles. The summed E-state index contributed by atoms with van der Waals surface area (Å²) < 4.78 is 0. The molecular weight excluding hydrogens is 218 g/mol. The van der Waals surface area contributed by atoms with E-state index < -0.39 is 0 Å². The quantitative estimate of drug-likeness (QED) is 0.626. The van der Waals surface area contributed by atoms with Crippen LogP contribution in [0.5, 0.6) is 0 Å². The first-order valence-electron chi connectivity index (χ1n) is 5.83. The highest BCUT2D eigenvalue weighted by Gasteiger charge is 2.23. The molecule has 0 bridgehead atoms. The zero-order valence-electron chi connectivity index (χ0n) is 9.87. The van der Waals surface area contributed by atoms with Crippen molar-refractivity contribution in [1.82, 2.24) is 0 Å². The van der Waals surface area contributed by atoms with Crippen LogP contribution in [0.25, 0.3) is 0 Å². The second kappa shape index (κ2) is 4.71. The van der Waals surface area contributed by atoms with Crippen molar-refractivity contribution < 1.29 is 4.92 Å². The summed E-state index contributed by atoms with van der Waals surface area (Å²) in [5, 5.41) is 10.6. The first-order chi connectivity index (χ1) is 8.08. The first-order valence-corrected chi connectivity index (χ1v) is 5.83. The van der Waals surface area contributed by atoms with Gasteiger partial charge >= 0.3 is 0 Å². The van der Waals surface area contributed by atoms with Crippen molar-refractivity contribution in [3.8, 4) is 0 Å². The third kappa shape index (κ3) is 2.55. The minimum Gasteiger partial charge on any atom is -0.370 e. The van der Waals surface area contributed by atoms with Crippen LogP contribution < -0.4 is 10.6 Å². The Morgan fingerprint density at radius 1 is 1.41 bits per heavy atom. The van der Waals surface area contributed by atoms with E-state index in [9.17, 15) is 10.1 Å². The van der Waals surface area contributed by atoms with E-state index >= 15 is 0 Å². The van der Waals surface area contributed by atoms with Crippen molar-refractivity contribution in [1.29, 1.82) is 0 Å². The summed E-state index contributed by atoms with van der Waals surface area (Å²) >= 11 is 0. The molecule has 2 N–H and O–H groups in total. The summed E-state index contributed by atoms with van der Waals surface area (Å²) in [5.74, 6) is 0.546. The lowest BCUT2D eigenvalue weighted by molar-refractivity contribution is -0.384. The van der Waals surface area contributed by atoms with E-state index in [0.717, 1.165) is 25.2 Å². The number of benzene rings is 1. The van der Waals surface area contributed by atoms with E-state index in [2.05, 4.69) is 11.8 Å². The smallest absolute Gasteiger partial charge is 0.269 e. The van der Waals surface area contributed by atoms with Crippen LogP contribution in [-0.2, 0) is 0 Å². The van der Waals surface area contributed by atoms with E-state index in [1.54, 1.807) is 24.3 Å². The Balaban J connectivity index is 2.10. The van der Waals surface area contributed by atoms with Crippen LogP contribution in [0.15, 0.2) is 24.3 Å². The fourth-order valence-corrected chi connectivity index (χ4v) is 2.12. The number of nitro groups is 1. The maximum Gasteiger partial charge on any atom is 0.269 e. The Hall–Kier alpha value is -1.62. The number of non-ortho nitro benzene ring substituents is 1. The maximum absolute atomic E-state index is 10.6. The Bertz CT molecular complexity index is 405. The molecule has 2 atom stereocenters. The average Bonchev–Trinajstić information content (AvgIpc) is 2.33. The van der Waals surface area contributed by atoms with Gasteiger partial charge in [-0.25, -0.2) is 0 Å². The van der Waals surface area contributed by atoms with E-state index in [-0.39, 0.29) is 16.7 Å². The molecule has 1 aromatic rings. The standard InChI is InChI=1S/C12H17N3O2/c1-9-6-7-14(8-12(9)13)10-2-4-11(5-3-10)15(16)17/h2-5,9,12H,6-8,13H2,1H3. The summed E-state index contributed by atoms with van der Waals surface area (Å²) in [7, 11) is 0. The molecule has 0 spiro atoms. The lowest BCUT2D eigenvalue weighted by Crippen LogP contribution is -2.47. The van der Waals surface area contributed by atoms with Gasteiger partial charge in [-0.2, -0.15) is 0 Å². The van der Waals surface area contributed by atoms with E-state index in [1.165, 1.54) is 0 Å². The second-order valence-corrected chi connectivity index (χ2v) is 4.65. The van der Waals surface area contributed by atoms with Crippen molar-refractivity contribution in [2.45, 2.75) is 19.4 Å². The van der Waals surface area contributed by atoms with Crippen LogP contribution >= 0.6 is 0 Å². The van der Waals surface area contributed by atoms with Crippen LogP contribution in [0.2, 0.25) is 0 Å². The number of nitrogens with two attached hydrogens (primary N) is 1. The van der Waals surface area contributed by atoms with Gasteiger partial charge in [0.25, 0.3) is 5.69 Å². The normalized spacial score (nSPS) is 24.7. The summed E-state index contributed by atoms with van der Waals surface area (Å²) in [4.78, 5) is 12.4. The molecule has 1 saturated heterocycles. The Morgan fingerprint density at radius 3 is 2.59 bits per heavy atom. The number of rotatable bonds is 2. The van der Waals surface area contributed by atoms with Gasteiger partial charge in [-0.1, -0.05) is 6.92 Å². The number of nitrogens with zero attached hydrogens (tertiary/aromatic N) is 2. The zero-order chi connectivity index (χ0) is 12.4. The van der Waals surface area contributed by atoms with Gasteiger partial charge in [0.1, 0.15) is 0 Å². The minimum atomic E-state index is -0.381. The highest BCUT2D eigenvalue weighted by molar-refractivity contribution is 5.51. The molecule has 5 heteroatoms. The largest absolute Gasteiger partial charge is 0.370 e. The Labute approximate surface area is 100 Å². The molecule has 0 aromatic heterocycles. The monoisotopic (exact) mass is 235 g/mol. The third-order valence-electron chi connectivity index (χ3n) is 3.44. The van der Waals surface area contributed by atoms with Gasteiger partial charge in [-0.05, 0) is 24.5 Å². The number of hydrogen-bond donors (Lipinski definition) is 1. The molecule has 1 aliphatic rings. The molecule has 1 aromatic carbocycles. The fraction of sp³-hybridized carbons (Fsp3) is 0.500. The molecule has 0 aliphatic carbocycles.